The third-order valence-corrected chi connectivity index (χ3v) is 2.12. The Morgan fingerprint density at radius 1 is 1.38 bits per heavy atom. The van der Waals surface area contributed by atoms with E-state index in [9.17, 15) is 0 Å². The number of alkyl halides is 1. The minimum Gasteiger partial charge on any atom is -0.373 e. The molecular formula is C11H13ClN. The summed E-state index contributed by atoms with van der Waals surface area (Å²) in [7, 11) is 2.02. The Kier molecular flexibility index (Phi) is 3.84. The molecule has 0 aromatic heterocycles. The van der Waals surface area contributed by atoms with Crippen molar-refractivity contribution < 1.29 is 0 Å². The van der Waals surface area contributed by atoms with Crippen molar-refractivity contribution in [1.29, 1.82) is 0 Å². The van der Waals surface area contributed by atoms with Crippen LogP contribution in [-0.4, -0.2) is 19.5 Å². The Bertz CT molecular complexity index is 266. The van der Waals surface area contributed by atoms with Gasteiger partial charge >= 0.3 is 0 Å². The van der Waals surface area contributed by atoms with E-state index in [0.717, 1.165) is 17.8 Å². The molecule has 1 aromatic rings. The van der Waals surface area contributed by atoms with Gasteiger partial charge in [-0.1, -0.05) is 24.8 Å². The molecule has 0 aliphatic heterocycles. The summed E-state index contributed by atoms with van der Waals surface area (Å²) in [6.07, 6.45) is 1.59. The van der Waals surface area contributed by atoms with E-state index in [0.29, 0.717) is 5.88 Å². The quantitative estimate of drug-likeness (QED) is 0.667. The molecule has 1 nitrogen and oxygen atoms in total. The third kappa shape index (κ3) is 2.78. The van der Waals surface area contributed by atoms with Crippen molar-refractivity contribution in [2.45, 2.75) is 0 Å². The maximum atomic E-state index is 5.64. The lowest BCUT2D eigenvalue weighted by Crippen LogP contribution is -2.19. The summed E-state index contributed by atoms with van der Waals surface area (Å²) in [5.41, 5.74) is 2.19. The number of halogens is 1. The maximum absolute atomic E-state index is 5.64. The van der Waals surface area contributed by atoms with E-state index in [-0.39, 0.29) is 0 Å². The number of hydrogen-bond acceptors (Lipinski definition) is 1. The fourth-order valence-corrected chi connectivity index (χ4v) is 1.35. The highest BCUT2D eigenvalue weighted by Crippen LogP contribution is 2.13. The standard InChI is InChI=1S/C11H13ClN/c1-3-10-4-6-11(7-5-10)13(2)9-8-12/h1,3-7H,8-9H2,2H3. The van der Waals surface area contributed by atoms with Crippen LogP contribution < -0.4 is 4.90 Å². The van der Waals surface area contributed by atoms with Crippen molar-refractivity contribution in [3.05, 3.63) is 36.4 Å². The highest BCUT2D eigenvalue weighted by molar-refractivity contribution is 6.18. The molecule has 13 heavy (non-hydrogen) atoms. The fraction of sp³-hybridized carbons (Fsp3) is 0.273. The Hall–Kier alpha value is -0.950. The van der Waals surface area contributed by atoms with E-state index in [1.165, 1.54) is 0 Å². The topological polar surface area (TPSA) is 3.24 Å². The molecule has 1 aromatic carbocycles. The van der Waals surface area contributed by atoms with E-state index in [4.69, 9.17) is 18.2 Å². The Morgan fingerprint density at radius 3 is 2.46 bits per heavy atom. The van der Waals surface area contributed by atoms with Crippen molar-refractivity contribution in [2.75, 3.05) is 24.4 Å². The lowest BCUT2D eigenvalue weighted by molar-refractivity contribution is 0.974. The van der Waals surface area contributed by atoms with E-state index in [2.05, 4.69) is 4.90 Å². The van der Waals surface area contributed by atoms with Crippen LogP contribution >= 0.6 is 11.6 Å². The van der Waals surface area contributed by atoms with Gasteiger partial charge in [0.15, 0.2) is 0 Å². The van der Waals surface area contributed by atoms with Crippen LogP contribution in [-0.2, 0) is 0 Å². The molecule has 0 saturated carbocycles. The molecule has 0 amide bonds. The highest BCUT2D eigenvalue weighted by atomic mass is 35.5. The molecule has 0 fully saturated rings. The van der Waals surface area contributed by atoms with E-state index in [1.54, 1.807) is 6.08 Å². The summed E-state index contributed by atoms with van der Waals surface area (Å²) in [4.78, 5) is 2.10. The fourth-order valence-electron chi connectivity index (χ4n) is 1.10. The first kappa shape index (κ1) is 10.1. The van der Waals surface area contributed by atoms with Gasteiger partial charge in [-0.15, -0.1) is 11.6 Å². The lowest BCUT2D eigenvalue weighted by Gasteiger charge is -2.17. The molecule has 0 N–H and O–H groups in total. The summed E-state index contributed by atoms with van der Waals surface area (Å²) in [6.45, 7) is 6.23. The molecule has 0 spiro atoms. The molecule has 0 atom stereocenters. The summed E-state index contributed by atoms with van der Waals surface area (Å²) < 4.78 is 0. The second-order valence-electron chi connectivity index (χ2n) is 2.87. The summed E-state index contributed by atoms with van der Waals surface area (Å²) in [6, 6.07) is 8.04. The van der Waals surface area contributed by atoms with E-state index >= 15 is 0 Å². The predicted molar refractivity (Wildman–Crippen MR) is 59.2 cm³/mol. The van der Waals surface area contributed by atoms with Crippen LogP contribution in [0.4, 0.5) is 5.69 Å². The number of anilines is 1. The second-order valence-corrected chi connectivity index (χ2v) is 3.25. The summed E-state index contributed by atoms with van der Waals surface area (Å²) >= 11 is 5.64. The monoisotopic (exact) mass is 194 g/mol. The van der Waals surface area contributed by atoms with Gasteiger partial charge in [0.1, 0.15) is 0 Å². The molecular weight excluding hydrogens is 182 g/mol. The summed E-state index contributed by atoms with van der Waals surface area (Å²) in [5, 5.41) is 0. The molecule has 0 aliphatic rings. The van der Waals surface area contributed by atoms with E-state index in [1.807, 2.05) is 31.3 Å². The van der Waals surface area contributed by atoms with Crippen molar-refractivity contribution >= 4 is 23.4 Å². The van der Waals surface area contributed by atoms with Crippen LogP contribution in [0.1, 0.15) is 5.56 Å². The zero-order valence-corrected chi connectivity index (χ0v) is 8.46. The normalized spacial score (nSPS) is 9.69. The molecule has 2 heteroatoms. The SMILES string of the molecule is [CH]=Cc1ccc(N(C)CCCl)cc1. The van der Waals surface area contributed by atoms with Gasteiger partial charge in [0.25, 0.3) is 0 Å². The zero-order chi connectivity index (χ0) is 9.68. The van der Waals surface area contributed by atoms with Crippen molar-refractivity contribution in [1.82, 2.24) is 0 Å². The minimum atomic E-state index is 0.640. The second kappa shape index (κ2) is 4.93. The zero-order valence-electron chi connectivity index (χ0n) is 7.70. The smallest absolute Gasteiger partial charge is 0.0399 e. The van der Waals surface area contributed by atoms with Crippen molar-refractivity contribution in [3.8, 4) is 0 Å². The Morgan fingerprint density at radius 2 is 2.00 bits per heavy atom. The molecule has 0 bridgehead atoms. The molecule has 1 rings (SSSR count). The van der Waals surface area contributed by atoms with Gasteiger partial charge in [-0.3, -0.25) is 0 Å². The Labute approximate surface area is 84.6 Å². The largest absolute Gasteiger partial charge is 0.373 e. The van der Waals surface area contributed by atoms with Crippen LogP contribution in [0.3, 0.4) is 0 Å². The van der Waals surface area contributed by atoms with Gasteiger partial charge in [-0.25, -0.2) is 0 Å². The first-order valence-corrected chi connectivity index (χ1v) is 4.73. The average Bonchev–Trinajstić information content (AvgIpc) is 2.18. The molecule has 69 valence electrons. The molecule has 0 aliphatic carbocycles. The van der Waals surface area contributed by atoms with Crippen LogP contribution in [0.2, 0.25) is 0 Å². The summed E-state index contributed by atoms with van der Waals surface area (Å²) in [5.74, 6) is 0.640. The number of hydrogen-bond donors (Lipinski definition) is 0. The van der Waals surface area contributed by atoms with Crippen LogP contribution in [0.5, 0.6) is 0 Å². The average molecular weight is 195 g/mol. The minimum absolute atomic E-state index is 0.640. The van der Waals surface area contributed by atoms with Gasteiger partial charge in [0, 0.05) is 25.2 Å². The molecule has 0 heterocycles. The number of benzene rings is 1. The van der Waals surface area contributed by atoms with Crippen LogP contribution in [0.25, 0.3) is 6.08 Å². The third-order valence-electron chi connectivity index (χ3n) is 1.95. The van der Waals surface area contributed by atoms with Crippen molar-refractivity contribution in [3.63, 3.8) is 0 Å². The van der Waals surface area contributed by atoms with E-state index < -0.39 is 0 Å². The van der Waals surface area contributed by atoms with Gasteiger partial charge in [0.2, 0.25) is 0 Å². The Balaban J connectivity index is 2.73. The number of nitrogens with zero attached hydrogens (tertiary/aromatic N) is 1. The molecule has 0 unspecified atom stereocenters. The molecule has 0 saturated heterocycles. The molecule has 1 radical (unpaired) electrons. The highest BCUT2D eigenvalue weighted by Gasteiger charge is 1.97. The van der Waals surface area contributed by atoms with Gasteiger partial charge in [-0.2, -0.15) is 0 Å². The lowest BCUT2D eigenvalue weighted by atomic mass is 10.2. The predicted octanol–water partition coefficient (Wildman–Crippen LogP) is 2.81. The van der Waals surface area contributed by atoms with Crippen LogP contribution in [0.15, 0.2) is 24.3 Å². The first-order chi connectivity index (χ1) is 6.27. The van der Waals surface area contributed by atoms with Crippen molar-refractivity contribution in [2.24, 2.45) is 0 Å². The van der Waals surface area contributed by atoms with Crippen LogP contribution in [0, 0.1) is 6.58 Å². The number of rotatable bonds is 4. The van der Waals surface area contributed by atoms with Gasteiger partial charge in [0.05, 0.1) is 0 Å². The van der Waals surface area contributed by atoms with Gasteiger partial charge in [-0.05, 0) is 17.7 Å². The van der Waals surface area contributed by atoms with Gasteiger partial charge < -0.3 is 4.90 Å². The first-order valence-electron chi connectivity index (χ1n) is 4.20. The maximum Gasteiger partial charge on any atom is 0.0399 e.